The summed E-state index contributed by atoms with van der Waals surface area (Å²) in [7, 11) is 0. The Morgan fingerprint density at radius 3 is 2.17 bits per heavy atom. The lowest BCUT2D eigenvalue weighted by Crippen LogP contribution is -2.22. The minimum absolute atomic E-state index is 0.443. The molecule has 0 aromatic rings. The Morgan fingerprint density at radius 2 is 1.75 bits per heavy atom. The summed E-state index contributed by atoms with van der Waals surface area (Å²) in [5.74, 6) is -0.443. The zero-order chi connectivity index (χ0) is 9.03. The standard InChI is InChI=1S/C10H18O2/c1-4-9(5-2)8-10(3)11-6-7-12-10/h8H,4-7H2,1-3H3. The Balaban J connectivity index is 2.61. The summed E-state index contributed by atoms with van der Waals surface area (Å²) >= 11 is 0. The molecule has 0 amide bonds. The summed E-state index contributed by atoms with van der Waals surface area (Å²) in [4.78, 5) is 0. The number of rotatable bonds is 3. The summed E-state index contributed by atoms with van der Waals surface area (Å²) in [6, 6.07) is 0. The second-order valence-electron chi connectivity index (χ2n) is 3.22. The second kappa shape index (κ2) is 4.06. The van der Waals surface area contributed by atoms with Crippen molar-refractivity contribution in [1.29, 1.82) is 0 Å². The molecule has 0 saturated carbocycles. The summed E-state index contributed by atoms with van der Waals surface area (Å²) in [5, 5.41) is 0. The molecule has 0 radical (unpaired) electrons. The molecule has 2 heteroatoms. The molecular weight excluding hydrogens is 152 g/mol. The first-order chi connectivity index (χ1) is 5.70. The molecule has 1 heterocycles. The smallest absolute Gasteiger partial charge is 0.185 e. The minimum Gasteiger partial charge on any atom is -0.344 e. The van der Waals surface area contributed by atoms with E-state index in [-0.39, 0.29) is 0 Å². The van der Waals surface area contributed by atoms with Gasteiger partial charge >= 0.3 is 0 Å². The van der Waals surface area contributed by atoms with Crippen molar-refractivity contribution < 1.29 is 9.47 Å². The van der Waals surface area contributed by atoms with E-state index < -0.39 is 5.79 Å². The van der Waals surface area contributed by atoms with E-state index in [1.54, 1.807) is 0 Å². The zero-order valence-corrected chi connectivity index (χ0v) is 8.22. The van der Waals surface area contributed by atoms with Crippen molar-refractivity contribution in [2.45, 2.75) is 39.4 Å². The molecule has 0 unspecified atom stereocenters. The van der Waals surface area contributed by atoms with Crippen LogP contribution in [0.2, 0.25) is 0 Å². The van der Waals surface area contributed by atoms with Gasteiger partial charge < -0.3 is 9.47 Å². The maximum atomic E-state index is 5.48. The third-order valence-electron chi connectivity index (χ3n) is 2.24. The van der Waals surface area contributed by atoms with Crippen molar-refractivity contribution in [3.05, 3.63) is 11.6 Å². The Hall–Kier alpha value is -0.340. The van der Waals surface area contributed by atoms with E-state index in [0.29, 0.717) is 13.2 Å². The van der Waals surface area contributed by atoms with Crippen molar-refractivity contribution in [3.63, 3.8) is 0 Å². The third-order valence-corrected chi connectivity index (χ3v) is 2.24. The lowest BCUT2D eigenvalue weighted by atomic mass is 10.1. The van der Waals surface area contributed by atoms with E-state index in [2.05, 4.69) is 19.9 Å². The van der Waals surface area contributed by atoms with Crippen molar-refractivity contribution >= 4 is 0 Å². The van der Waals surface area contributed by atoms with Gasteiger partial charge in [0.25, 0.3) is 0 Å². The molecule has 70 valence electrons. The van der Waals surface area contributed by atoms with E-state index in [1.165, 1.54) is 5.57 Å². The minimum atomic E-state index is -0.443. The summed E-state index contributed by atoms with van der Waals surface area (Å²) in [6.45, 7) is 7.73. The fraction of sp³-hybridized carbons (Fsp3) is 0.800. The highest BCUT2D eigenvalue weighted by atomic mass is 16.7. The Labute approximate surface area is 74.6 Å². The predicted octanol–water partition coefficient (Wildman–Crippen LogP) is 2.50. The second-order valence-corrected chi connectivity index (χ2v) is 3.22. The first-order valence-corrected chi connectivity index (χ1v) is 4.68. The molecule has 1 fully saturated rings. The molecule has 0 atom stereocenters. The highest BCUT2D eigenvalue weighted by Gasteiger charge is 2.28. The van der Waals surface area contributed by atoms with Crippen LogP contribution < -0.4 is 0 Å². The summed E-state index contributed by atoms with van der Waals surface area (Å²) in [5.41, 5.74) is 1.40. The van der Waals surface area contributed by atoms with E-state index >= 15 is 0 Å². The van der Waals surface area contributed by atoms with Gasteiger partial charge in [0.1, 0.15) is 0 Å². The van der Waals surface area contributed by atoms with Gasteiger partial charge in [0.15, 0.2) is 5.79 Å². The van der Waals surface area contributed by atoms with Crippen molar-refractivity contribution in [2.24, 2.45) is 0 Å². The van der Waals surface area contributed by atoms with Gasteiger partial charge in [-0.25, -0.2) is 0 Å². The number of hydrogen-bond donors (Lipinski definition) is 0. The Morgan fingerprint density at radius 1 is 1.25 bits per heavy atom. The number of ether oxygens (including phenoxy) is 2. The van der Waals surface area contributed by atoms with E-state index in [4.69, 9.17) is 9.47 Å². The molecule has 0 aromatic heterocycles. The largest absolute Gasteiger partial charge is 0.344 e. The lowest BCUT2D eigenvalue weighted by Gasteiger charge is -2.19. The van der Waals surface area contributed by atoms with Gasteiger partial charge in [-0.3, -0.25) is 0 Å². The van der Waals surface area contributed by atoms with Gasteiger partial charge in [-0.15, -0.1) is 0 Å². The maximum Gasteiger partial charge on any atom is 0.185 e. The fourth-order valence-electron chi connectivity index (χ4n) is 1.44. The van der Waals surface area contributed by atoms with Crippen LogP contribution in [0.15, 0.2) is 11.6 Å². The van der Waals surface area contributed by atoms with Gasteiger partial charge in [0.2, 0.25) is 0 Å². The molecule has 0 aliphatic carbocycles. The topological polar surface area (TPSA) is 18.5 Å². The molecule has 1 saturated heterocycles. The highest BCUT2D eigenvalue weighted by Crippen LogP contribution is 2.23. The summed E-state index contributed by atoms with van der Waals surface area (Å²) in [6.07, 6.45) is 4.28. The number of hydrogen-bond acceptors (Lipinski definition) is 2. The molecular formula is C10H18O2. The highest BCUT2D eigenvalue weighted by molar-refractivity contribution is 5.07. The molecule has 1 aliphatic rings. The van der Waals surface area contributed by atoms with Crippen LogP contribution in [0.3, 0.4) is 0 Å². The quantitative estimate of drug-likeness (QED) is 0.606. The van der Waals surface area contributed by atoms with Gasteiger partial charge in [0, 0.05) is 0 Å². The molecule has 12 heavy (non-hydrogen) atoms. The van der Waals surface area contributed by atoms with Crippen LogP contribution in [0.1, 0.15) is 33.6 Å². The molecule has 1 rings (SSSR count). The van der Waals surface area contributed by atoms with Crippen LogP contribution in [0.5, 0.6) is 0 Å². The first-order valence-electron chi connectivity index (χ1n) is 4.68. The SMILES string of the molecule is CCC(=CC1(C)OCCO1)CC. The maximum absolute atomic E-state index is 5.48. The lowest BCUT2D eigenvalue weighted by molar-refractivity contribution is -0.100. The van der Waals surface area contributed by atoms with Gasteiger partial charge in [-0.2, -0.15) is 0 Å². The van der Waals surface area contributed by atoms with E-state index in [1.807, 2.05) is 6.92 Å². The first kappa shape index (κ1) is 9.75. The van der Waals surface area contributed by atoms with Gasteiger partial charge in [-0.05, 0) is 25.8 Å². The normalized spacial score (nSPS) is 20.9. The average Bonchev–Trinajstić information content (AvgIpc) is 2.48. The zero-order valence-electron chi connectivity index (χ0n) is 8.22. The Bertz CT molecular complexity index is 161. The molecule has 0 bridgehead atoms. The van der Waals surface area contributed by atoms with Crippen molar-refractivity contribution in [1.82, 2.24) is 0 Å². The fourth-order valence-corrected chi connectivity index (χ4v) is 1.44. The van der Waals surface area contributed by atoms with Crippen LogP contribution in [-0.4, -0.2) is 19.0 Å². The van der Waals surface area contributed by atoms with Crippen molar-refractivity contribution in [2.75, 3.05) is 13.2 Å². The monoisotopic (exact) mass is 170 g/mol. The van der Waals surface area contributed by atoms with E-state index in [9.17, 15) is 0 Å². The van der Waals surface area contributed by atoms with Crippen LogP contribution in [-0.2, 0) is 9.47 Å². The molecule has 0 N–H and O–H groups in total. The summed E-state index contributed by atoms with van der Waals surface area (Å²) < 4.78 is 11.0. The molecule has 1 aliphatic heterocycles. The van der Waals surface area contributed by atoms with Crippen LogP contribution >= 0.6 is 0 Å². The number of allylic oxidation sites excluding steroid dienone is 1. The molecule has 0 spiro atoms. The van der Waals surface area contributed by atoms with Crippen molar-refractivity contribution in [3.8, 4) is 0 Å². The third kappa shape index (κ3) is 2.32. The van der Waals surface area contributed by atoms with Crippen LogP contribution in [0.4, 0.5) is 0 Å². The van der Waals surface area contributed by atoms with Gasteiger partial charge in [-0.1, -0.05) is 19.4 Å². The Kier molecular flexibility index (Phi) is 3.29. The average molecular weight is 170 g/mol. The van der Waals surface area contributed by atoms with E-state index in [0.717, 1.165) is 12.8 Å². The van der Waals surface area contributed by atoms with Crippen LogP contribution in [0, 0.1) is 0 Å². The van der Waals surface area contributed by atoms with Crippen LogP contribution in [0.25, 0.3) is 0 Å². The molecule has 0 aromatic carbocycles. The predicted molar refractivity (Wildman–Crippen MR) is 49.0 cm³/mol. The molecule has 2 nitrogen and oxygen atoms in total. The van der Waals surface area contributed by atoms with Gasteiger partial charge in [0.05, 0.1) is 13.2 Å².